The molecule has 2 saturated heterocycles. The van der Waals surface area contributed by atoms with Gasteiger partial charge in [-0.1, -0.05) is 24.8 Å². The van der Waals surface area contributed by atoms with Gasteiger partial charge in [-0.3, -0.25) is 0 Å². The zero-order chi connectivity index (χ0) is 12.5. The number of rotatable bonds is 2. The Labute approximate surface area is 105 Å². The van der Waals surface area contributed by atoms with E-state index in [0.29, 0.717) is 18.8 Å². The van der Waals surface area contributed by atoms with Gasteiger partial charge in [0.2, 0.25) is 0 Å². The molecule has 0 saturated carbocycles. The van der Waals surface area contributed by atoms with E-state index in [0.717, 1.165) is 5.57 Å². The minimum atomic E-state index is -0.345. The lowest BCUT2D eigenvalue weighted by Gasteiger charge is -2.16. The van der Waals surface area contributed by atoms with E-state index in [1.165, 1.54) is 0 Å². The maximum absolute atomic E-state index is 11.9. The molecule has 0 radical (unpaired) electrons. The third kappa shape index (κ3) is 1.94. The van der Waals surface area contributed by atoms with E-state index in [9.17, 15) is 4.79 Å². The molecule has 4 nitrogen and oxygen atoms in total. The van der Waals surface area contributed by atoms with Crippen molar-refractivity contribution in [2.24, 2.45) is 0 Å². The Balaban J connectivity index is 1.68. The van der Waals surface area contributed by atoms with Gasteiger partial charge >= 0.3 is 5.97 Å². The van der Waals surface area contributed by atoms with Gasteiger partial charge in [0.25, 0.3) is 0 Å². The van der Waals surface area contributed by atoms with E-state index >= 15 is 0 Å². The van der Waals surface area contributed by atoms with Crippen molar-refractivity contribution in [1.29, 1.82) is 0 Å². The first kappa shape index (κ1) is 11.4. The Morgan fingerprint density at radius 2 is 2.06 bits per heavy atom. The van der Waals surface area contributed by atoms with Crippen LogP contribution in [0.1, 0.15) is 10.4 Å². The van der Waals surface area contributed by atoms with Crippen LogP contribution < -0.4 is 0 Å². The number of hydrogen-bond donors (Lipinski definition) is 0. The van der Waals surface area contributed by atoms with Crippen LogP contribution in [-0.2, 0) is 14.2 Å². The summed E-state index contributed by atoms with van der Waals surface area (Å²) in [5.41, 5.74) is 1.45. The van der Waals surface area contributed by atoms with Crippen molar-refractivity contribution >= 4 is 5.97 Å². The Morgan fingerprint density at radius 3 is 2.83 bits per heavy atom. The summed E-state index contributed by atoms with van der Waals surface area (Å²) in [5, 5.41) is 0. The summed E-state index contributed by atoms with van der Waals surface area (Å²) in [6, 6.07) is 8.92. The molecular formula is C14H14O4. The van der Waals surface area contributed by atoms with Crippen LogP contribution in [0.5, 0.6) is 0 Å². The number of carbonyl (C=O) groups is 1. The van der Waals surface area contributed by atoms with Gasteiger partial charge in [0.15, 0.2) is 6.10 Å². The average molecular weight is 246 g/mol. The molecule has 0 amide bonds. The number of ether oxygens (including phenoxy) is 3. The molecule has 2 aliphatic heterocycles. The molecule has 2 fully saturated rings. The second-order valence-electron chi connectivity index (χ2n) is 4.50. The molecule has 18 heavy (non-hydrogen) atoms. The number of carbonyl (C=O) groups excluding carboxylic acids is 1. The SMILES string of the molecule is C=C1CO[C@H]2[C@@H]1OC[C@H]2OC(=O)c1ccccc1. The van der Waals surface area contributed by atoms with Crippen LogP contribution in [0.4, 0.5) is 0 Å². The first-order chi connectivity index (χ1) is 8.75. The number of hydrogen-bond acceptors (Lipinski definition) is 4. The quantitative estimate of drug-likeness (QED) is 0.587. The van der Waals surface area contributed by atoms with Crippen LogP contribution in [0.3, 0.4) is 0 Å². The Hall–Kier alpha value is -1.65. The standard InChI is InChI=1S/C14H14O4/c1-9-7-16-13-11(8-17-12(9)13)18-14(15)10-5-3-2-4-6-10/h2-6,11-13H,1,7-8H2/t11-,12-,13-/m1/s1. The lowest BCUT2D eigenvalue weighted by molar-refractivity contribution is -0.0141. The van der Waals surface area contributed by atoms with Crippen LogP contribution in [0, 0.1) is 0 Å². The second kappa shape index (κ2) is 4.55. The van der Waals surface area contributed by atoms with Crippen molar-refractivity contribution in [1.82, 2.24) is 0 Å². The van der Waals surface area contributed by atoms with Crippen LogP contribution >= 0.6 is 0 Å². The Kier molecular flexibility index (Phi) is 2.89. The minimum absolute atomic E-state index is 0.126. The molecule has 3 atom stereocenters. The smallest absolute Gasteiger partial charge is 0.338 e. The average Bonchev–Trinajstić information content (AvgIpc) is 2.95. The highest BCUT2D eigenvalue weighted by molar-refractivity contribution is 5.89. The molecule has 0 aliphatic carbocycles. The predicted molar refractivity (Wildman–Crippen MR) is 64.3 cm³/mol. The zero-order valence-corrected chi connectivity index (χ0v) is 9.87. The summed E-state index contributed by atoms with van der Waals surface area (Å²) in [6.45, 7) is 4.73. The zero-order valence-electron chi connectivity index (χ0n) is 9.87. The van der Waals surface area contributed by atoms with Crippen molar-refractivity contribution in [2.75, 3.05) is 13.2 Å². The molecule has 0 aromatic heterocycles. The third-order valence-electron chi connectivity index (χ3n) is 3.24. The maximum Gasteiger partial charge on any atom is 0.338 e. The Morgan fingerprint density at radius 1 is 1.28 bits per heavy atom. The van der Waals surface area contributed by atoms with Crippen LogP contribution in [-0.4, -0.2) is 37.5 Å². The van der Waals surface area contributed by atoms with E-state index in [-0.39, 0.29) is 24.3 Å². The molecular weight excluding hydrogens is 232 g/mol. The van der Waals surface area contributed by atoms with Gasteiger partial charge in [-0.05, 0) is 17.7 Å². The van der Waals surface area contributed by atoms with Crippen molar-refractivity contribution < 1.29 is 19.0 Å². The van der Waals surface area contributed by atoms with Gasteiger partial charge in [-0.25, -0.2) is 4.79 Å². The number of fused-ring (bicyclic) bond motifs is 1. The summed E-state index contributed by atoms with van der Waals surface area (Å²) >= 11 is 0. The molecule has 1 aromatic carbocycles. The summed E-state index contributed by atoms with van der Waals surface area (Å²) in [7, 11) is 0. The summed E-state index contributed by atoms with van der Waals surface area (Å²) < 4.78 is 16.5. The van der Waals surface area contributed by atoms with E-state index in [4.69, 9.17) is 14.2 Å². The second-order valence-corrected chi connectivity index (χ2v) is 4.50. The maximum atomic E-state index is 11.9. The first-order valence-electron chi connectivity index (χ1n) is 5.92. The van der Waals surface area contributed by atoms with Crippen LogP contribution in [0.2, 0.25) is 0 Å². The van der Waals surface area contributed by atoms with Crippen molar-refractivity contribution in [3.05, 3.63) is 48.0 Å². The van der Waals surface area contributed by atoms with Crippen molar-refractivity contribution in [2.45, 2.75) is 18.3 Å². The van der Waals surface area contributed by atoms with Crippen LogP contribution in [0.15, 0.2) is 42.5 Å². The largest absolute Gasteiger partial charge is 0.453 e. The van der Waals surface area contributed by atoms with E-state index in [2.05, 4.69) is 6.58 Å². The fourth-order valence-corrected chi connectivity index (χ4v) is 2.29. The molecule has 2 aliphatic rings. The molecule has 1 aromatic rings. The Bertz CT molecular complexity index is 468. The molecule has 4 heteroatoms. The summed E-state index contributed by atoms with van der Waals surface area (Å²) in [6.07, 6.45) is -0.675. The first-order valence-corrected chi connectivity index (χ1v) is 5.92. The van der Waals surface area contributed by atoms with Gasteiger partial charge in [0.05, 0.1) is 18.8 Å². The lowest BCUT2D eigenvalue weighted by Crippen LogP contribution is -2.32. The van der Waals surface area contributed by atoms with Crippen molar-refractivity contribution in [3.63, 3.8) is 0 Å². The monoisotopic (exact) mass is 246 g/mol. The van der Waals surface area contributed by atoms with E-state index in [1.807, 2.05) is 6.07 Å². The van der Waals surface area contributed by atoms with Gasteiger partial charge in [0, 0.05) is 0 Å². The fraction of sp³-hybridized carbons (Fsp3) is 0.357. The topological polar surface area (TPSA) is 44.8 Å². The fourth-order valence-electron chi connectivity index (χ4n) is 2.29. The van der Waals surface area contributed by atoms with E-state index < -0.39 is 0 Å². The summed E-state index contributed by atoms with van der Waals surface area (Å²) in [5.74, 6) is -0.342. The third-order valence-corrected chi connectivity index (χ3v) is 3.24. The normalized spacial score (nSPS) is 30.2. The molecule has 0 unspecified atom stereocenters. The van der Waals surface area contributed by atoms with E-state index in [1.54, 1.807) is 24.3 Å². The number of benzene rings is 1. The van der Waals surface area contributed by atoms with Gasteiger partial charge in [-0.15, -0.1) is 0 Å². The predicted octanol–water partition coefficient (Wildman–Crippen LogP) is 1.57. The highest BCUT2D eigenvalue weighted by atomic mass is 16.6. The highest BCUT2D eigenvalue weighted by Gasteiger charge is 2.46. The summed E-state index contributed by atoms with van der Waals surface area (Å²) in [4.78, 5) is 11.9. The molecule has 94 valence electrons. The highest BCUT2D eigenvalue weighted by Crippen LogP contribution is 2.31. The molecule has 0 N–H and O–H groups in total. The van der Waals surface area contributed by atoms with Crippen LogP contribution in [0.25, 0.3) is 0 Å². The van der Waals surface area contributed by atoms with Gasteiger partial charge < -0.3 is 14.2 Å². The van der Waals surface area contributed by atoms with Crippen molar-refractivity contribution in [3.8, 4) is 0 Å². The molecule has 2 heterocycles. The molecule has 0 bridgehead atoms. The molecule has 3 rings (SSSR count). The minimum Gasteiger partial charge on any atom is -0.453 e. The van der Waals surface area contributed by atoms with Gasteiger partial charge in [0.1, 0.15) is 12.2 Å². The lowest BCUT2D eigenvalue weighted by atomic mass is 10.1. The van der Waals surface area contributed by atoms with Gasteiger partial charge in [-0.2, -0.15) is 0 Å². The molecule has 0 spiro atoms. The number of esters is 1.